The number of fused-ring (bicyclic) bond motifs is 1. The van der Waals surface area contributed by atoms with Gasteiger partial charge < -0.3 is 20.7 Å². The maximum atomic E-state index is 13.3. The third-order valence-electron chi connectivity index (χ3n) is 5.77. The first-order valence-electron chi connectivity index (χ1n) is 10.4. The van der Waals surface area contributed by atoms with Gasteiger partial charge in [-0.2, -0.15) is 4.98 Å². The molecule has 3 aromatic heterocycles. The number of hydrogen-bond donors (Lipinski definition) is 2. The summed E-state index contributed by atoms with van der Waals surface area (Å²) in [6.45, 7) is 1.03. The van der Waals surface area contributed by atoms with E-state index in [4.69, 9.17) is 15.5 Å². The maximum absolute atomic E-state index is 13.3. The van der Waals surface area contributed by atoms with Crippen LogP contribution in [0.5, 0.6) is 5.88 Å². The van der Waals surface area contributed by atoms with Crippen molar-refractivity contribution in [1.82, 2.24) is 19.9 Å². The monoisotopic (exact) mass is 482 g/mol. The van der Waals surface area contributed by atoms with Crippen LogP contribution in [0.4, 0.5) is 16.0 Å². The molecule has 0 spiro atoms. The van der Waals surface area contributed by atoms with Crippen molar-refractivity contribution in [2.75, 3.05) is 36.2 Å². The number of amides is 1. The summed E-state index contributed by atoms with van der Waals surface area (Å²) in [5.74, 6) is 0.767. The molecular weight excluding hydrogens is 461 g/mol. The summed E-state index contributed by atoms with van der Waals surface area (Å²) in [6.07, 6.45) is 6.80. The molecule has 5 rings (SSSR count). The van der Waals surface area contributed by atoms with Crippen LogP contribution >= 0.6 is 11.8 Å². The third kappa shape index (κ3) is 4.09. The number of H-pyrrole nitrogens is 1. The number of hydrogen-bond acceptors (Lipinski definition) is 10. The van der Waals surface area contributed by atoms with Crippen molar-refractivity contribution in [3.63, 3.8) is 0 Å². The fraction of sp³-hybridized carbons (Fsp3) is 0.286. The molecular formula is C21H21FN9O2S+. The number of nitrogens with zero attached hydrogens (tertiary/aromatic N) is 6. The molecule has 0 aliphatic carbocycles. The van der Waals surface area contributed by atoms with E-state index in [2.05, 4.69) is 30.2 Å². The molecule has 0 aromatic carbocycles. The van der Waals surface area contributed by atoms with Crippen LogP contribution in [0.15, 0.2) is 48.1 Å². The number of halogens is 1. The number of nitrogens with one attached hydrogen (secondary N) is 2. The van der Waals surface area contributed by atoms with Gasteiger partial charge in [-0.3, -0.25) is 9.78 Å². The molecule has 0 unspecified atom stereocenters. The van der Waals surface area contributed by atoms with E-state index >= 15 is 0 Å². The Morgan fingerprint density at radius 2 is 2.15 bits per heavy atom. The SMILES string of the molecule is COc1cnc(C(=O)Nc2ccnc([C@]34CN(c5ncc(F)cn5)C[C@H]3CSC(N)=N4)c2)c[nH+]1. The highest BCUT2D eigenvalue weighted by atomic mass is 32.2. The minimum absolute atomic E-state index is 0.0646. The molecule has 174 valence electrons. The zero-order valence-electron chi connectivity index (χ0n) is 18.1. The fourth-order valence-electron chi connectivity index (χ4n) is 4.12. The Hall–Kier alpha value is -3.87. The smallest absolute Gasteiger partial charge is 0.384 e. The normalized spacial score (nSPS) is 21.5. The van der Waals surface area contributed by atoms with E-state index in [1.807, 2.05) is 4.90 Å². The van der Waals surface area contributed by atoms with Gasteiger partial charge in [-0.25, -0.2) is 24.3 Å². The van der Waals surface area contributed by atoms with Crippen molar-refractivity contribution in [2.45, 2.75) is 5.54 Å². The van der Waals surface area contributed by atoms with Gasteiger partial charge in [0.05, 0.1) is 31.7 Å². The van der Waals surface area contributed by atoms with Crippen molar-refractivity contribution in [2.24, 2.45) is 16.6 Å². The van der Waals surface area contributed by atoms with Crippen LogP contribution in [0.1, 0.15) is 16.2 Å². The molecule has 1 saturated heterocycles. The van der Waals surface area contributed by atoms with E-state index in [1.54, 1.807) is 18.3 Å². The number of anilines is 2. The number of pyridine rings is 1. The predicted octanol–water partition coefficient (Wildman–Crippen LogP) is 0.874. The molecule has 34 heavy (non-hydrogen) atoms. The van der Waals surface area contributed by atoms with Crippen LogP contribution in [-0.2, 0) is 5.54 Å². The molecule has 2 aliphatic rings. The first-order chi connectivity index (χ1) is 16.5. The summed E-state index contributed by atoms with van der Waals surface area (Å²) in [7, 11) is 1.50. The van der Waals surface area contributed by atoms with Crippen molar-refractivity contribution in [3.05, 3.63) is 60.3 Å². The van der Waals surface area contributed by atoms with Crippen molar-refractivity contribution >= 4 is 34.5 Å². The maximum Gasteiger partial charge on any atom is 0.384 e. The molecule has 5 heterocycles. The predicted molar refractivity (Wildman–Crippen MR) is 123 cm³/mol. The van der Waals surface area contributed by atoms with Gasteiger partial charge in [-0.05, 0) is 12.1 Å². The Morgan fingerprint density at radius 1 is 1.32 bits per heavy atom. The third-order valence-corrected chi connectivity index (χ3v) is 6.72. The second-order valence-electron chi connectivity index (χ2n) is 7.85. The first-order valence-corrected chi connectivity index (χ1v) is 11.4. The van der Waals surface area contributed by atoms with Gasteiger partial charge >= 0.3 is 5.88 Å². The Kier molecular flexibility index (Phi) is 5.69. The van der Waals surface area contributed by atoms with Crippen LogP contribution < -0.4 is 25.7 Å². The number of ether oxygens (including phenoxy) is 1. The molecule has 0 saturated carbocycles. The van der Waals surface area contributed by atoms with Gasteiger partial charge in [0.1, 0.15) is 11.7 Å². The average Bonchev–Trinajstić information content (AvgIpc) is 3.24. The number of carbonyl (C=O) groups excluding carboxylic acids is 1. The van der Waals surface area contributed by atoms with E-state index in [-0.39, 0.29) is 17.5 Å². The Bertz CT molecular complexity index is 1240. The number of carbonyl (C=O) groups is 1. The first kappa shape index (κ1) is 21.9. The van der Waals surface area contributed by atoms with Crippen LogP contribution in [0.25, 0.3) is 0 Å². The van der Waals surface area contributed by atoms with Gasteiger partial charge in [0, 0.05) is 30.1 Å². The van der Waals surface area contributed by atoms with Crippen LogP contribution in [-0.4, -0.2) is 57.0 Å². The van der Waals surface area contributed by atoms with Gasteiger partial charge in [0.2, 0.25) is 12.1 Å². The molecule has 1 amide bonds. The lowest BCUT2D eigenvalue weighted by molar-refractivity contribution is -0.394. The zero-order chi connectivity index (χ0) is 23.7. The van der Waals surface area contributed by atoms with E-state index in [0.717, 1.165) is 18.1 Å². The summed E-state index contributed by atoms with van der Waals surface area (Å²) in [5, 5.41) is 3.31. The molecule has 0 bridgehead atoms. The number of rotatable bonds is 5. The highest BCUT2D eigenvalue weighted by Gasteiger charge is 2.51. The number of amidine groups is 1. The van der Waals surface area contributed by atoms with Gasteiger partial charge in [-0.1, -0.05) is 11.8 Å². The van der Waals surface area contributed by atoms with Gasteiger partial charge in [-0.15, -0.1) is 0 Å². The highest BCUT2D eigenvalue weighted by molar-refractivity contribution is 8.13. The number of aromatic amines is 1. The molecule has 4 N–H and O–H groups in total. The summed E-state index contributed by atoms with van der Waals surface area (Å²) < 4.78 is 18.4. The average molecular weight is 483 g/mol. The Labute approximate surface area is 198 Å². The number of aromatic nitrogens is 5. The lowest BCUT2D eigenvalue weighted by Crippen LogP contribution is -2.40. The van der Waals surface area contributed by atoms with Gasteiger partial charge in [0.15, 0.2) is 16.7 Å². The Morgan fingerprint density at radius 3 is 2.88 bits per heavy atom. The second kappa shape index (κ2) is 8.82. The van der Waals surface area contributed by atoms with Crippen molar-refractivity contribution < 1.29 is 18.9 Å². The number of nitrogens with two attached hydrogens (primary N) is 1. The lowest BCUT2D eigenvalue weighted by Gasteiger charge is -2.33. The molecule has 3 aromatic rings. The lowest BCUT2D eigenvalue weighted by atomic mass is 9.85. The molecule has 0 radical (unpaired) electrons. The van der Waals surface area contributed by atoms with Crippen LogP contribution in [0, 0.1) is 11.7 Å². The molecule has 1 fully saturated rings. The standard InChI is InChI=1S/C21H20FN9O2S/c1-33-17-8-25-15(7-26-17)18(32)29-14-2-3-24-16(4-14)21-11-31(20-27-5-13(22)6-28-20)9-12(21)10-34-19(23)30-21/h2-8,12H,9-11H2,1H3,(H2,23,30)(H,24,29,32)/p+1/t12-,21-/m0/s1. The number of methoxy groups -OCH3 is 1. The van der Waals surface area contributed by atoms with E-state index < -0.39 is 11.4 Å². The topological polar surface area (TPSA) is 146 Å². The van der Waals surface area contributed by atoms with Crippen LogP contribution in [0.3, 0.4) is 0 Å². The van der Waals surface area contributed by atoms with E-state index in [0.29, 0.717) is 41.5 Å². The quantitative estimate of drug-likeness (QED) is 0.541. The zero-order valence-corrected chi connectivity index (χ0v) is 18.9. The summed E-state index contributed by atoms with van der Waals surface area (Å²) >= 11 is 1.48. The molecule has 13 heteroatoms. The number of aliphatic imine (C=N–C) groups is 1. The largest absolute Gasteiger partial charge is 0.447 e. The fourth-order valence-corrected chi connectivity index (χ4v) is 5.10. The van der Waals surface area contributed by atoms with Crippen LogP contribution in [0.2, 0.25) is 0 Å². The number of thioether (sulfide) groups is 1. The molecule has 2 aliphatic heterocycles. The summed E-state index contributed by atoms with van der Waals surface area (Å²) in [5.41, 5.74) is 6.79. The van der Waals surface area contributed by atoms with E-state index in [1.165, 1.54) is 31.3 Å². The van der Waals surface area contributed by atoms with Crippen molar-refractivity contribution in [3.8, 4) is 5.88 Å². The second-order valence-corrected chi connectivity index (χ2v) is 8.89. The molecule has 2 atom stereocenters. The minimum atomic E-state index is -0.750. The van der Waals surface area contributed by atoms with Crippen molar-refractivity contribution in [1.29, 1.82) is 0 Å². The van der Waals surface area contributed by atoms with Gasteiger partial charge in [0.25, 0.3) is 5.91 Å². The summed E-state index contributed by atoms with van der Waals surface area (Å²) in [4.78, 5) is 39.2. The Balaban J connectivity index is 1.44. The minimum Gasteiger partial charge on any atom is -0.447 e. The summed E-state index contributed by atoms with van der Waals surface area (Å²) in [6, 6.07) is 3.49. The molecule has 11 nitrogen and oxygen atoms in total. The highest BCUT2D eigenvalue weighted by Crippen LogP contribution is 2.45. The van der Waals surface area contributed by atoms with E-state index in [9.17, 15) is 9.18 Å².